The molecular formula is C14H22N4O. The van der Waals surface area contributed by atoms with Gasteiger partial charge in [-0.15, -0.1) is 0 Å². The Bertz CT molecular complexity index is 427. The topological polar surface area (TPSA) is 61.3 Å². The average molecular weight is 262 g/mol. The van der Waals surface area contributed by atoms with E-state index < -0.39 is 0 Å². The second kappa shape index (κ2) is 6.52. The van der Waals surface area contributed by atoms with Gasteiger partial charge in [-0.25, -0.2) is 9.97 Å². The van der Waals surface area contributed by atoms with Crippen LogP contribution in [0.15, 0.2) is 18.8 Å². The predicted molar refractivity (Wildman–Crippen MR) is 76.8 cm³/mol. The van der Waals surface area contributed by atoms with Crippen molar-refractivity contribution in [2.24, 2.45) is 5.92 Å². The Balaban J connectivity index is 2.01. The van der Waals surface area contributed by atoms with Crippen molar-refractivity contribution in [1.29, 1.82) is 0 Å². The Morgan fingerprint density at radius 1 is 1.53 bits per heavy atom. The summed E-state index contributed by atoms with van der Waals surface area (Å²) < 4.78 is 0. The summed E-state index contributed by atoms with van der Waals surface area (Å²) in [6, 6.07) is 1.94. The molecule has 0 unspecified atom stereocenters. The lowest BCUT2D eigenvalue weighted by Gasteiger charge is -2.32. The van der Waals surface area contributed by atoms with Gasteiger partial charge in [0.1, 0.15) is 5.82 Å². The number of rotatable bonds is 5. The quantitative estimate of drug-likeness (QED) is 0.836. The Morgan fingerprint density at radius 2 is 2.26 bits per heavy atom. The molecule has 0 bridgehead atoms. The molecule has 1 aromatic heterocycles. The number of nitrogens with one attached hydrogen (secondary N) is 1. The first-order valence-electron chi connectivity index (χ1n) is 6.80. The van der Waals surface area contributed by atoms with Gasteiger partial charge >= 0.3 is 0 Å². The van der Waals surface area contributed by atoms with E-state index >= 15 is 0 Å². The second-order valence-corrected chi connectivity index (χ2v) is 4.91. The van der Waals surface area contributed by atoms with Crippen LogP contribution in [0, 0.1) is 5.92 Å². The van der Waals surface area contributed by atoms with Crippen molar-refractivity contribution in [3.8, 4) is 0 Å². The van der Waals surface area contributed by atoms with Crippen LogP contribution < -0.4 is 10.2 Å². The zero-order chi connectivity index (χ0) is 13.7. The molecule has 1 aromatic rings. The Labute approximate surface area is 114 Å². The van der Waals surface area contributed by atoms with Gasteiger partial charge in [0.05, 0.1) is 5.70 Å². The first kappa shape index (κ1) is 13.8. The number of hydrogen-bond donors (Lipinski definition) is 2. The fourth-order valence-electron chi connectivity index (χ4n) is 2.42. The van der Waals surface area contributed by atoms with Crippen molar-refractivity contribution >= 4 is 11.5 Å². The molecule has 0 atom stereocenters. The summed E-state index contributed by atoms with van der Waals surface area (Å²) in [5.74, 6) is 2.26. The van der Waals surface area contributed by atoms with Crippen molar-refractivity contribution in [1.82, 2.24) is 15.3 Å². The molecule has 0 aromatic carbocycles. The number of piperidine rings is 1. The van der Waals surface area contributed by atoms with Crippen LogP contribution in [0.5, 0.6) is 0 Å². The van der Waals surface area contributed by atoms with Gasteiger partial charge in [0.25, 0.3) is 0 Å². The number of aromatic nitrogens is 2. The molecule has 0 amide bonds. The van der Waals surface area contributed by atoms with E-state index in [0.29, 0.717) is 18.3 Å². The van der Waals surface area contributed by atoms with E-state index in [1.165, 1.54) is 0 Å². The van der Waals surface area contributed by atoms with Gasteiger partial charge in [-0.3, -0.25) is 0 Å². The molecule has 2 rings (SSSR count). The molecule has 1 saturated heterocycles. The van der Waals surface area contributed by atoms with Crippen LogP contribution >= 0.6 is 0 Å². The molecule has 0 saturated carbocycles. The molecule has 5 nitrogen and oxygen atoms in total. The van der Waals surface area contributed by atoms with Gasteiger partial charge in [-0.2, -0.15) is 0 Å². The SMILES string of the molecule is C=C(NC)c1nccc(N2CCC(CCO)CC2)n1. The summed E-state index contributed by atoms with van der Waals surface area (Å²) in [4.78, 5) is 11.0. The van der Waals surface area contributed by atoms with Crippen LogP contribution in [0.3, 0.4) is 0 Å². The lowest BCUT2D eigenvalue weighted by atomic mass is 9.94. The van der Waals surface area contributed by atoms with Gasteiger partial charge in [-0.1, -0.05) is 6.58 Å². The fourth-order valence-corrected chi connectivity index (χ4v) is 2.42. The standard InChI is InChI=1S/C14H22N4O/c1-11(15-2)14-16-7-3-13(17-14)18-8-4-12(5-9-18)6-10-19/h3,7,12,15,19H,1,4-6,8-10H2,2H3. The van der Waals surface area contributed by atoms with E-state index in [9.17, 15) is 0 Å². The molecule has 104 valence electrons. The minimum Gasteiger partial charge on any atom is -0.396 e. The third kappa shape index (κ3) is 3.44. The van der Waals surface area contributed by atoms with E-state index in [1.807, 2.05) is 13.1 Å². The zero-order valence-corrected chi connectivity index (χ0v) is 11.5. The minimum atomic E-state index is 0.296. The molecule has 5 heteroatoms. The van der Waals surface area contributed by atoms with Crippen LogP contribution in [-0.4, -0.2) is 41.8 Å². The van der Waals surface area contributed by atoms with Crippen molar-refractivity contribution in [2.75, 3.05) is 31.6 Å². The lowest BCUT2D eigenvalue weighted by molar-refractivity contribution is 0.240. The van der Waals surface area contributed by atoms with Gasteiger partial charge < -0.3 is 15.3 Å². The maximum atomic E-state index is 8.98. The molecule has 2 heterocycles. The molecule has 1 fully saturated rings. The van der Waals surface area contributed by atoms with Crippen LogP contribution in [-0.2, 0) is 0 Å². The Morgan fingerprint density at radius 3 is 2.89 bits per heavy atom. The Hall–Kier alpha value is -1.62. The van der Waals surface area contributed by atoms with E-state index in [-0.39, 0.29) is 0 Å². The van der Waals surface area contributed by atoms with Crippen LogP contribution in [0.25, 0.3) is 5.70 Å². The number of aliphatic hydroxyl groups is 1. The summed E-state index contributed by atoms with van der Waals surface area (Å²) in [6.07, 6.45) is 4.93. The summed E-state index contributed by atoms with van der Waals surface area (Å²) in [5.41, 5.74) is 0.733. The van der Waals surface area contributed by atoms with Crippen LogP contribution in [0.1, 0.15) is 25.1 Å². The third-order valence-electron chi connectivity index (χ3n) is 3.69. The molecule has 19 heavy (non-hydrogen) atoms. The van der Waals surface area contributed by atoms with E-state index in [0.717, 1.165) is 43.9 Å². The fraction of sp³-hybridized carbons (Fsp3) is 0.571. The highest BCUT2D eigenvalue weighted by atomic mass is 16.3. The highest BCUT2D eigenvalue weighted by Crippen LogP contribution is 2.23. The van der Waals surface area contributed by atoms with Crippen LogP contribution in [0.4, 0.5) is 5.82 Å². The highest BCUT2D eigenvalue weighted by molar-refractivity contribution is 5.56. The number of aliphatic hydroxyl groups excluding tert-OH is 1. The van der Waals surface area contributed by atoms with Crippen molar-refractivity contribution < 1.29 is 5.11 Å². The van der Waals surface area contributed by atoms with Gasteiger partial charge in [-0.05, 0) is 31.2 Å². The van der Waals surface area contributed by atoms with E-state index in [4.69, 9.17) is 5.11 Å². The molecule has 1 aliphatic heterocycles. The largest absolute Gasteiger partial charge is 0.396 e. The zero-order valence-electron chi connectivity index (χ0n) is 11.5. The smallest absolute Gasteiger partial charge is 0.176 e. The highest BCUT2D eigenvalue weighted by Gasteiger charge is 2.20. The molecule has 2 N–H and O–H groups in total. The van der Waals surface area contributed by atoms with Crippen molar-refractivity contribution in [3.05, 3.63) is 24.7 Å². The summed E-state index contributed by atoms with van der Waals surface area (Å²) >= 11 is 0. The number of hydrogen-bond acceptors (Lipinski definition) is 5. The van der Waals surface area contributed by atoms with Gasteiger partial charge in [0, 0.05) is 32.9 Å². The Kier molecular flexibility index (Phi) is 4.74. The summed E-state index contributed by atoms with van der Waals surface area (Å²) in [5, 5.41) is 11.9. The maximum Gasteiger partial charge on any atom is 0.176 e. The van der Waals surface area contributed by atoms with Crippen molar-refractivity contribution in [3.63, 3.8) is 0 Å². The van der Waals surface area contributed by atoms with Gasteiger partial charge in [0.2, 0.25) is 0 Å². The molecule has 1 aliphatic rings. The first-order valence-corrected chi connectivity index (χ1v) is 6.80. The third-order valence-corrected chi connectivity index (χ3v) is 3.69. The molecule has 0 aliphatic carbocycles. The monoisotopic (exact) mass is 262 g/mol. The maximum absolute atomic E-state index is 8.98. The summed E-state index contributed by atoms with van der Waals surface area (Å²) in [6.45, 7) is 6.17. The molecule has 0 radical (unpaired) electrons. The molecular weight excluding hydrogens is 240 g/mol. The predicted octanol–water partition coefficient (Wildman–Crippen LogP) is 1.27. The summed E-state index contributed by atoms with van der Waals surface area (Å²) in [7, 11) is 1.82. The average Bonchev–Trinajstić information content (AvgIpc) is 2.48. The van der Waals surface area contributed by atoms with Crippen LogP contribution in [0.2, 0.25) is 0 Å². The number of anilines is 1. The second-order valence-electron chi connectivity index (χ2n) is 4.91. The molecule has 0 spiro atoms. The first-order chi connectivity index (χ1) is 9.24. The normalized spacial score (nSPS) is 16.4. The van der Waals surface area contributed by atoms with E-state index in [1.54, 1.807) is 6.20 Å². The van der Waals surface area contributed by atoms with Crippen molar-refractivity contribution in [2.45, 2.75) is 19.3 Å². The lowest BCUT2D eigenvalue weighted by Crippen LogP contribution is -2.34. The number of nitrogens with zero attached hydrogens (tertiary/aromatic N) is 3. The minimum absolute atomic E-state index is 0.296. The van der Waals surface area contributed by atoms with Gasteiger partial charge in [0.15, 0.2) is 5.82 Å². The van der Waals surface area contributed by atoms with E-state index in [2.05, 4.69) is 26.8 Å².